The molecule has 0 bridgehead atoms. The molecule has 0 aliphatic carbocycles. The molecule has 0 fully saturated rings. The Hall–Kier alpha value is 0.316. The van der Waals surface area contributed by atoms with Crippen LogP contribution in [0.3, 0.4) is 0 Å². The maximum Gasteiger partial charge on any atom is 1.00 e. The Balaban J connectivity index is 0. The first-order chi connectivity index (χ1) is 7.66. The molecule has 0 aliphatic heterocycles. The largest absolute Gasteiger partial charge is 1.00 e. The number of hydrogen-bond donors (Lipinski definition) is 1. The van der Waals surface area contributed by atoms with E-state index >= 15 is 0 Å². The quantitative estimate of drug-likeness (QED) is 0.186. The molecule has 17 heavy (non-hydrogen) atoms. The first-order valence-corrected chi connectivity index (χ1v) is 5.79. The number of nitrogens with zero attached hydrogens (tertiary/aromatic N) is 1. The molecular formula is C12H20KNO3. The smallest absolute Gasteiger partial charge is 0.859 e. The van der Waals surface area contributed by atoms with Crippen LogP contribution in [0.25, 0.3) is 0 Å². The topological polar surface area (TPSA) is 72.7 Å². The second-order valence-electron chi connectivity index (χ2n) is 3.66. The van der Waals surface area contributed by atoms with E-state index in [-0.39, 0.29) is 51.4 Å². The summed E-state index contributed by atoms with van der Waals surface area (Å²) in [6.45, 7) is 2.66. The van der Waals surface area contributed by atoms with Gasteiger partial charge in [0.25, 0.3) is 0 Å². The zero-order chi connectivity index (χ0) is 12.2. The van der Waals surface area contributed by atoms with Crippen LogP contribution in [0.5, 0.6) is 0 Å². The number of carbonyl (C=O) groups is 1. The number of rotatable bonds is 9. The van der Waals surface area contributed by atoms with Gasteiger partial charge >= 0.3 is 57.4 Å². The molecule has 0 aromatic rings. The van der Waals surface area contributed by atoms with E-state index in [0.717, 1.165) is 25.0 Å². The average Bonchev–Trinajstić information content (AvgIpc) is 2.25. The summed E-state index contributed by atoms with van der Waals surface area (Å²) < 4.78 is 0. The number of aliphatic imine (C=N–C) groups is 1. The monoisotopic (exact) mass is 265 g/mol. The summed E-state index contributed by atoms with van der Waals surface area (Å²) in [5.41, 5.74) is 0. The fourth-order valence-electron chi connectivity index (χ4n) is 1.28. The number of hydrogen-bond acceptors (Lipinski definition) is 3. The normalized spacial score (nSPS) is 11.5. The van der Waals surface area contributed by atoms with E-state index in [4.69, 9.17) is 5.11 Å². The van der Waals surface area contributed by atoms with Gasteiger partial charge in [-0.25, -0.2) is 4.79 Å². The van der Waals surface area contributed by atoms with Crippen LogP contribution in [0.2, 0.25) is 0 Å². The third-order valence-corrected chi connectivity index (χ3v) is 2.15. The van der Waals surface area contributed by atoms with E-state index in [2.05, 4.69) is 11.9 Å². The summed E-state index contributed by atoms with van der Waals surface area (Å²) in [6, 6.07) is 0. The van der Waals surface area contributed by atoms with Crippen LogP contribution >= 0.6 is 0 Å². The molecule has 0 unspecified atom stereocenters. The van der Waals surface area contributed by atoms with Gasteiger partial charge in [-0.1, -0.05) is 39.0 Å². The Bertz CT molecular complexity index is 252. The van der Waals surface area contributed by atoms with E-state index in [1.54, 1.807) is 0 Å². The molecular weight excluding hydrogens is 245 g/mol. The molecule has 0 atom stereocenters. The maximum absolute atomic E-state index is 11.0. The Labute approximate surface area is 146 Å². The van der Waals surface area contributed by atoms with Crippen LogP contribution in [0.15, 0.2) is 17.1 Å². The molecule has 0 aromatic carbocycles. The summed E-state index contributed by atoms with van der Waals surface area (Å²) in [4.78, 5) is 13.8. The molecule has 0 aromatic heterocycles. The van der Waals surface area contributed by atoms with Gasteiger partial charge in [-0.15, -0.1) is 0 Å². The molecule has 0 spiro atoms. The molecule has 0 saturated heterocycles. The number of carboxylic acid groups (broad SMARTS) is 1. The van der Waals surface area contributed by atoms with Gasteiger partial charge < -0.3 is 15.2 Å². The number of aliphatic carboxylic acids is 1. The van der Waals surface area contributed by atoms with Crippen molar-refractivity contribution in [2.45, 2.75) is 45.4 Å². The van der Waals surface area contributed by atoms with Gasteiger partial charge in [0.15, 0.2) is 0 Å². The zero-order valence-corrected chi connectivity index (χ0v) is 13.9. The molecule has 0 heterocycles. The van der Waals surface area contributed by atoms with Crippen molar-refractivity contribution in [3.63, 3.8) is 0 Å². The predicted octanol–water partition coefficient (Wildman–Crippen LogP) is -1.25. The molecule has 1 N–H and O–H groups in total. The third kappa shape index (κ3) is 16.3. The van der Waals surface area contributed by atoms with Crippen molar-refractivity contribution in [2.75, 3.05) is 6.54 Å². The minimum Gasteiger partial charge on any atom is -0.859 e. The van der Waals surface area contributed by atoms with Gasteiger partial charge in [-0.2, -0.15) is 0 Å². The fraction of sp³-hybridized carbons (Fsp3) is 0.667. The first-order valence-electron chi connectivity index (χ1n) is 5.79. The maximum atomic E-state index is 11.0. The zero-order valence-electron chi connectivity index (χ0n) is 10.8. The van der Waals surface area contributed by atoms with Crippen molar-refractivity contribution in [1.29, 1.82) is 0 Å². The van der Waals surface area contributed by atoms with Gasteiger partial charge in [0, 0.05) is 12.6 Å². The molecule has 0 aliphatic rings. The van der Waals surface area contributed by atoms with Crippen LogP contribution in [-0.4, -0.2) is 23.5 Å². The standard InChI is InChI=1S/C12H21NO3.K/c1-2-3-4-5-6-7-10-13-11(14)8-9-12(15)16;/h8-9H,2-7,10H2,1H3,(H,13,14)(H,15,16);/q;+1/p-1/b9-8+;. The van der Waals surface area contributed by atoms with Crippen LogP contribution in [0, 0.1) is 0 Å². The van der Waals surface area contributed by atoms with E-state index in [9.17, 15) is 9.90 Å². The van der Waals surface area contributed by atoms with Crippen molar-refractivity contribution in [3.8, 4) is 0 Å². The van der Waals surface area contributed by atoms with E-state index < -0.39 is 11.9 Å². The minimum atomic E-state index is -1.12. The molecule has 0 saturated carbocycles. The summed E-state index contributed by atoms with van der Waals surface area (Å²) in [5.74, 6) is -1.58. The third-order valence-electron chi connectivity index (χ3n) is 2.15. The second-order valence-corrected chi connectivity index (χ2v) is 3.66. The van der Waals surface area contributed by atoms with Crippen LogP contribution in [-0.2, 0) is 4.79 Å². The Morgan fingerprint density at radius 1 is 1.18 bits per heavy atom. The fourth-order valence-corrected chi connectivity index (χ4v) is 1.28. The van der Waals surface area contributed by atoms with Gasteiger partial charge in [0.1, 0.15) is 0 Å². The van der Waals surface area contributed by atoms with Crippen molar-refractivity contribution in [3.05, 3.63) is 12.2 Å². The summed E-state index contributed by atoms with van der Waals surface area (Å²) in [5, 5.41) is 19.2. The predicted molar refractivity (Wildman–Crippen MR) is 62.5 cm³/mol. The molecule has 5 heteroatoms. The number of carboxylic acids is 1. The summed E-state index contributed by atoms with van der Waals surface area (Å²) in [7, 11) is 0. The summed E-state index contributed by atoms with van der Waals surface area (Å²) in [6.07, 6.45) is 8.69. The molecule has 4 nitrogen and oxygen atoms in total. The SMILES string of the molecule is CCCCCCCCN=C([O-])/C=C/C(=O)O.[K+]. The van der Waals surface area contributed by atoms with E-state index in [1.165, 1.54) is 25.7 Å². The minimum absolute atomic E-state index is 0. The summed E-state index contributed by atoms with van der Waals surface area (Å²) >= 11 is 0. The van der Waals surface area contributed by atoms with E-state index in [1.807, 2.05) is 0 Å². The van der Waals surface area contributed by atoms with Crippen molar-refractivity contribution < 1.29 is 66.4 Å². The van der Waals surface area contributed by atoms with Crippen LogP contribution in [0.1, 0.15) is 45.4 Å². The Kier molecular flexibility index (Phi) is 16.6. The second kappa shape index (κ2) is 14.4. The van der Waals surface area contributed by atoms with Gasteiger partial charge in [-0.05, 0) is 18.4 Å². The van der Waals surface area contributed by atoms with Crippen molar-refractivity contribution in [2.24, 2.45) is 4.99 Å². The van der Waals surface area contributed by atoms with Crippen LogP contribution < -0.4 is 56.5 Å². The molecule has 0 rings (SSSR count). The van der Waals surface area contributed by atoms with E-state index in [0.29, 0.717) is 6.54 Å². The number of unbranched alkanes of at least 4 members (excludes halogenated alkanes) is 5. The van der Waals surface area contributed by atoms with Gasteiger partial charge in [0.2, 0.25) is 0 Å². The van der Waals surface area contributed by atoms with Crippen molar-refractivity contribution >= 4 is 11.9 Å². The molecule has 0 radical (unpaired) electrons. The van der Waals surface area contributed by atoms with Crippen LogP contribution in [0.4, 0.5) is 0 Å². The molecule has 92 valence electrons. The Morgan fingerprint density at radius 2 is 1.76 bits per heavy atom. The van der Waals surface area contributed by atoms with Gasteiger partial charge in [-0.3, -0.25) is 0 Å². The Morgan fingerprint density at radius 3 is 2.35 bits per heavy atom. The van der Waals surface area contributed by atoms with Crippen molar-refractivity contribution in [1.82, 2.24) is 0 Å². The average molecular weight is 265 g/mol. The molecule has 0 amide bonds. The van der Waals surface area contributed by atoms with Gasteiger partial charge in [0.05, 0.1) is 0 Å². The first kappa shape index (κ1) is 19.7.